The zero-order chi connectivity index (χ0) is 12.7. The maximum Gasteiger partial charge on any atom is 0.0534 e. The zero-order valence-corrected chi connectivity index (χ0v) is 10.9. The predicted molar refractivity (Wildman–Crippen MR) is 78.2 cm³/mol. The van der Waals surface area contributed by atoms with Crippen LogP contribution < -0.4 is 5.73 Å². The van der Waals surface area contributed by atoms with Crippen molar-refractivity contribution >= 4 is 39.8 Å². The Balaban J connectivity index is 2.36. The first kappa shape index (κ1) is 11.5. The third-order valence-electron chi connectivity index (χ3n) is 2.92. The van der Waals surface area contributed by atoms with Gasteiger partial charge in [-0.15, -0.1) is 0 Å². The highest BCUT2D eigenvalue weighted by Gasteiger charge is 2.13. The highest BCUT2D eigenvalue weighted by Crippen LogP contribution is 2.39. The topological polar surface area (TPSA) is 41.8 Å². The maximum absolute atomic E-state index is 6.26. The van der Waals surface area contributed by atoms with Crippen molar-refractivity contribution in [3.05, 3.63) is 52.6 Å². The molecule has 3 N–H and O–H groups in total. The van der Waals surface area contributed by atoms with Crippen molar-refractivity contribution in [2.75, 3.05) is 5.73 Å². The molecule has 1 aromatic heterocycles. The second-order valence-corrected chi connectivity index (χ2v) is 4.92. The molecule has 90 valence electrons. The number of halogens is 2. The van der Waals surface area contributed by atoms with Crippen molar-refractivity contribution in [2.24, 2.45) is 0 Å². The minimum Gasteiger partial charge on any atom is -0.399 e. The molecule has 0 saturated carbocycles. The van der Waals surface area contributed by atoms with Crippen molar-refractivity contribution in [3.63, 3.8) is 0 Å². The molecule has 3 aromatic rings. The normalized spacial score (nSPS) is 11.0. The number of anilines is 1. The first-order chi connectivity index (χ1) is 8.66. The molecule has 0 bridgehead atoms. The van der Waals surface area contributed by atoms with Gasteiger partial charge in [0.15, 0.2) is 0 Å². The molecule has 0 aliphatic heterocycles. The van der Waals surface area contributed by atoms with Gasteiger partial charge < -0.3 is 10.7 Å². The highest BCUT2D eigenvalue weighted by molar-refractivity contribution is 6.40. The van der Waals surface area contributed by atoms with E-state index in [1.54, 1.807) is 12.1 Å². The first-order valence-electron chi connectivity index (χ1n) is 5.48. The van der Waals surface area contributed by atoms with E-state index in [9.17, 15) is 0 Å². The summed E-state index contributed by atoms with van der Waals surface area (Å²) in [7, 11) is 0. The smallest absolute Gasteiger partial charge is 0.0534 e. The molecule has 0 fully saturated rings. The number of nitrogens with one attached hydrogen (secondary N) is 1. The number of benzene rings is 2. The predicted octanol–water partition coefficient (Wildman–Crippen LogP) is 4.72. The van der Waals surface area contributed by atoms with Crippen LogP contribution in [0.3, 0.4) is 0 Å². The van der Waals surface area contributed by atoms with Crippen molar-refractivity contribution in [1.82, 2.24) is 4.98 Å². The Morgan fingerprint density at radius 3 is 2.44 bits per heavy atom. The van der Waals surface area contributed by atoms with Crippen LogP contribution in [-0.4, -0.2) is 4.98 Å². The molecule has 0 atom stereocenters. The molecule has 0 aliphatic rings. The Hall–Kier alpha value is -1.64. The van der Waals surface area contributed by atoms with Crippen LogP contribution >= 0.6 is 23.2 Å². The van der Waals surface area contributed by atoms with Gasteiger partial charge in [0.1, 0.15) is 0 Å². The minimum atomic E-state index is 0.558. The maximum atomic E-state index is 6.26. The highest BCUT2D eigenvalue weighted by atomic mass is 35.5. The summed E-state index contributed by atoms with van der Waals surface area (Å²) in [6.45, 7) is 0. The van der Waals surface area contributed by atoms with Gasteiger partial charge in [-0.3, -0.25) is 0 Å². The van der Waals surface area contributed by atoms with Gasteiger partial charge in [-0.25, -0.2) is 0 Å². The summed E-state index contributed by atoms with van der Waals surface area (Å²) in [5.74, 6) is 0. The lowest BCUT2D eigenvalue weighted by atomic mass is 10.0. The summed E-state index contributed by atoms with van der Waals surface area (Å²) in [5, 5.41) is 2.24. The summed E-state index contributed by atoms with van der Waals surface area (Å²) in [5.41, 5.74) is 9.09. The Labute approximate surface area is 114 Å². The van der Waals surface area contributed by atoms with Gasteiger partial charge in [0.05, 0.1) is 15.6 Å². The van der Waals surface area contributed by atoms with Crippen LogP contribution in [0.15, 0.2) is 42.6 Å². The molecule has 4 heteroatoms. The molecular formula is C14H10Cl2N2. The van der Waals surface area contributed by atoms with Crippen LogP contribution in [0.1, 0.15) is 0 Å². The molecule has 0 unspecified atom stereocenters. The van der Waals surface area contributed by atoms with Gasteiger partial charge in [-0.2, -0.15) is 0 Å². The number of aromatic nitrogens is 1. The monoisotopic (exact) mass is 276 g/mol. The van der Waals surface area contributed by atoms with Gasteiger partial charge in [0, 0.05) is 23.0 Å². The summed E-state index contributed by atoms with van der Waals surface area (Å²) < 4.78 is 0. The van der Waals surface area contributed by atoms with Crippen LogP contribution in [0.4, 0.5) is 5.69 Å². The van der Waals surface area contributed by atoms with Gasteiger partial charge in [-0.05, 0) is 23.6 Å². The van der Waals surface area contributed by atoms with E-state index in [0.29, 0.717) is 15.7 Å². The molecule has 2 nitrogen and oxygen atoms in total. The quantitative estimate of drug-likeness (QED) is 0.621. The largest absolute Gasteiger partial charge is 0.399 e. The Bertz CT molecular complexity index is 708. The number of rotatable bonds is 1. The van der Waals surface area contributed by atoms with Crippen LogP contribution in [0, 0.1) is 0 Å². The number of hydrogen-bond donors (Lipinski definition) is 2. The van der Waals surface area contributed by atoms with Crippen molar-refractivity contribution < 1.29 is 0 Å². The van der Waals surface area contributed by atoms with E-state index in [1.807, 2.05) is 30.5 Å². The standard InChI is InChI=1S/C14H10Cl2N2/c15-11-6-9(17)7-12(16)13(11)10-3-1-2-8-4-5-18-14(8)10/h1-7,18H,17H2. The molecule has 0 saturated heterocycles. The van der Waals surface area contributed by atoms with E-state index in [2.05, 4.69) is 4.98 Å². The molecule has 18 heavy (non-hydrogen) atoms. The average Bonchev–Trinajstić information content (AvgIpc) is 2.76. The number of aromatic amines is 1. The molecule has 0 aliphatic carbocycles. The second kappa shape index (κ2) is 4.23. The third kappa shape index (κ3) is 1.74. The van der Waals surface area contributed by atoms with Crippen LogP contribution in [0.25, 0.3) is 22.0 Å². The molecular weight excluding hydrogens is 267 g/mol. The zero-order valence-electron chi connectivity index (χ0n) is 9.37. The lowest BCUT2D eigenvalue weighted by Crippen LogP contribution is -1.89. The first-order valence-corrected chi connectivity index (χ1v) is 6.23. The summed E-state index contributed by atoms with van der Waals surface area (Å²) in [4.78, 5) is 3.21. The lowest BCUT2D eigenvalue weighted by Gasteiger charge is -2.09. The molecule has 0 radical (unpaired) electrons. The van der Waals surface area contributed by atoms with Crippen LogP contribution in [0.2, 0.25) is 10.0 Å². The van der Waals surface area contributed by atoms with Gasteiger partial charge in [-0.1, -0.05) is 41.4 Å². The summed E-state index contributed by atoms with van der Waals surface area (Å²) in [6.07, 6.45) is 1.90. The average molecular weight is 277 g/mol. The Morgan fingerprint density at radius 1 is 1.00 bits per heavy atom. The summed E-state index contributed by atoms with van der Waals surface area (Å²) in [6, 6.07) is 11.4. The summed E-state index contributed by atoms with van der Waals surface area (Å²) >= 11 is 12.5. The van der Waals surface area contributed by atoms with E-state index >= 15 is 0 Å². The fraction of sp³-hybridized carbons (Fsp3) is 0. The Kier molecular flexibility index (Phi) is 2.69. The van der Waals surface area contributed by atoms with Crippen molar-refractivity contribution in [3.8, 4) is 11.1 Å². The molecule has 0 amide bonds. The number of H-pyrrole nitrogens is 1. The number of hydrogen-bond acceptors (Lipinski definition) is 1. The SMILES string of the molecule is Nc1cc(Cl)c(-c2cccc3cc[nH]c23)c(Cl)c1. The second-order valence-electron chi connectivity index (χ2n) is 4.11. The van der Waals surface area contributed by atoms with Crippen molar-refractivity contribution in [2.45, 2.75) is 0 Å². The van der Waals surface area contributed by atoms with E-state index in [1.165, 1.54) is 0 Å². The van der Waals surface area contributed by atoms with Gasteiger partial charge >= 0.3 is 0 Å². The fourth-order valence-electron chi connectivity index (χ4n) is 2.14. The molecule has 0 spiro atoms. The van der Waals surface area contributed by atoms with Crippen LogP contribution in [-0.2, 0) is 0 Å². The number of nitrogens with two attached hydrogens (primary N) is 1. The van der Waals surface area contributed by atoms with E-state index in [-0.39, 0.29) is 0 Å². The van der Waals surface area contributed by atoms with Gasteiger partial charge in [0.2, 0.25) is 0 Å². The molecule has 3 rings (SSSR count). The van der Waals surface area contributed by atoms with E-state index in [4.69, 9.17) is 28.9 Å². The van der Waals surface area contributed by atoms with E-state index in [0.717, 1.165) is 22.0 Å². The van der Waals surface area contributed by atoms with Crippen molar-refractivity contribution in [1.29, 1.82) is 0 Å². The lowest BCUT2D eigenvalue weighted by molar-refractivity contribution is 1.47. The third-order valence-corrected chi connectivity index (χ3v) is 3.52. The number of fused-ring (bicyclic) bond motifs is 1. The number of nitrogen functional groups attached to an aromatic ring is 1. The minimum absolute atomic E-state index is 0.558. The molecule has 2 aromatic carbocycles. The van der Waals surface area contributed by atoms with E-state index < -0.39 is 0 Å². The number of para-hydroxylation sites is 1. The van der Waals surface area contributed by atoms with Crippen LogP contribution in [0.5, 0.6) is 0 Å². The molecule has 1 heterocycles. The fourth-order valence-corrected chi connectivity index (χ4v) is 2.85. The Morgan fingerprint density at radius 2 is 1.72 bits per heavy atom. The van der Waals surface area contributed by atoms with Gasteiger partial charge in [0.25, 0.3) is 0 Å².